The van der Waals surface area contributed by atoms with Gasteiger partial charge in [0.25, 0.3) is 5.91 Å². The van der Waals surface area contributed by atoms with Gasteiger partial charge in [-0.25, -0.2) is 0 Å². The second-order valence-electron chi connectivity index (χ2n) is 4.88. The van der Waals surface area contributed by atoms with Gasteiger partial charge in [-0.15, -0.1) is 0 Å². The Hall–Kier alpha value is -1.72. The summed E-state index contributed by atoms with van der Waals surface area (Å²) in [5.74, 6) is -0.716. The molecule has 20 heavy (non-hydrogen) atoms. The Kier molecular flexibility index (Phi) is 6.90. The molecule has 1 rings (SSSR count). The third kappa shape index (κ3) is 5.50. The van der Waals surface area contributed by atoms with Crippen LogP contribution < -0.4 is 5.32 Å². The molecule has 0 aliphatic carbocycles. The predicted octanol–water partition coefficient (Wildman–Crippen LogP) is 1.04. The topological polar surface area (TPSA) is 69.6 Å². The Labute approximate surface area is 119 Å². The maximum atomic E-state index is 11.9. The highest BCUT2D eigenvalue weighted by Crippen LogP contribution is 2.01. The largest absolute Gasteiger partial charge is 0.396 e. The molecule has 1 aromatic rings. The first-order valence-corrected chi connectivity index (χ1v) is 6.78. The van der Waals surface area contributed by atoms with Crippen LogP contribution in [0.15, 0.2) is 30.3 Å². The van der Waals surface area contributed by atoms with Crippen molar-refractivity contribution in [2.75, 3.05) is 19.7 Å². The number of imide groups is 1. The lowest BCUT2D eigenvalue weighted by atomic mass is 10.2. The molecule has 0 aromatic heterocycles. The predicted molar refractivity (Wildman–Crippen MR) is 77.3 cm³/mol. The Balaban J connectivity index is 2.51. The molecule has 0 fully saturated rings. The van der Waals surface area contributed by atoms with E-state index in [1.807, 2.05) is 24.8 Å². The van der Waals surface area contributed by atoms with Crippen LogP contribution in [0, 0.1) is 0 Å². The van der Waals surface area contributed by atoms with E-state index in [-0.39, 0.29) is 31.0 Å². The molecule has 0 radical (unpaired) electrons. The maximum Gasteiger partial charge on any atom is 0.257 e. The second kappa shape index (κ2) is 8.45. The number of hydrogen-bond donors (Lipinski definition) is 2. The highest BCUT2D eigenvalue weighted by atomic mass is 16.3. The molecule has 0 spiro atoms. The van der Waals surface area contributed by atoms with E-state index in [1.165, 1.54) is 0 Å². The first-order chi connectivity index (χ1) is 9.54. The molecule has 0 aliphatic heterocycles. The van der Waals surface area contributed by atoms with E-state index in [1.54, 1.807) is 24.3 Å². The normalized spacial score (nSPS) is 10.8. The van der Waals surface area contributed by atoms with E-state index in [2.05, 4.69) is 5.32 Å². The first kappa shape index (κ1) is 16.3. The summed E-state index contributed by atoms with van der Waals surface area (Å²) in [7, 11) is 0. The van der Waals surface area contributed by atoms with Crippen molar-refractivity contribution in [2.24, 2.45) is 0 Å². The number of benzene rings is 1. The van der Waals surface area contributed by atoms with Crippen LogP contribution >= 0.6 is 0 Å². The second-order valence-corrected chi connectivity index (χ2v) is 4.88. The number of carbonyl (C=O) groups excluding carboxylic acids is 2. The number of nitrogens with one attached hydrogen (secondary N) is 1. The van der Waals surface area contributed by atoms with E-state index in [9.17, 15) is 9.59 Å². The van der Waals surface area contributed by atoms with E-state index in [4.69, 9.17) is 5.11 Å². The Bertz CT molecular complexity index is 432. The average molecular weight is 278 g/mol. The average Bonchev–Trinajstić information content (AvgIpc) is 2.44. The van der Waals surface area contributed by atoms with Crippen LogP contribution in [-0.4, -0.2) is 47.6 Å². The van der Waals surface area contributed by atoms with Gasteiger partial charge in [0.2, 0.25) is 5.91 Å². The number of aliphatic hydroxyl groups is 1. The zero-order valence-electron chi connectivity index (χ0n) is 12.0. The molecule has 0 heterocycles. The van der Waals surface area contributed by atoms with Gasteiger partial charge in [0.15, 0.2) is 0 Å². The van der Waals surface area contributed by atoms with Crippen molar-refractivity contribution in [3.63, 3.8) is 0 Å². The summed E-state index contributed by atoms with van der Waals surface area (Å²) in [6.45, 7) is 4.82. The number of rotatable bonds is 7. The third-order valence-corrected chi connectivity index (χ3v) is 2.97. The molecular weight excluding hydrogens is 256 g/mol. The van der Waals surface area contributed by atoms with Gasteiger partial charge in [0, 0.05) is 24.8 Å². The maximum absolute atomic E-state index is 11.9. The first-order valence-electron chi connectivity index (χ1n) is 6.78. The van der Waals surface area contributed by atoms with Gasteiger partial charge in [-0.1, -0.05) is 18.2 Å². The fourth-order valence-corrected chi connectivity index (χ4v) is 1.81. The summed E-state index contributed by atoms with van der Waals surface area (Å²) in [6, 6.07) is 8.82. The van der Waals surface area contributed by atoms with Crippen LogP contribution in [0.2, 0.25) is 0 Å². The molecule has 0 aliphatic rings. The van der Waals surface area contributed by atoms with E-state index < -0.39 is 0 Å². The zero-order chi connectivity index (χ0) is 15.0. The van der Waals surface area contributed by atoms with Gasteiger partial charge in [0.1, 0.15) is 0 Å². The Morgan fingerprint density at radius 2 is 1.90 bits per heavy atom. The summed E-state index contributed by atoms with van der Waals surface area (Å²) in [5.41, 5.74) is 0.465. The van der Waals surface area contributed by atoms with Crippen molar-refractivity contribution in [1.29, 1.82) is 0 Å². The molecule has 0 atom stereocenters. The minimum Gasteiger partial charge on any atom is -0.396 e. The molecule has 0 saturated carbocycles. The molecule has 110 valence electrons. The molecule has 0 unspecified atom stereocenters. The van der Waals surface area contributed by atoms with Gasteiger partial charge in [-0.2, -0.15) is 0 Å². The van der Waals surface area contributed by atoms with Crippen LogP contribution in [0.3, 0.4) is 0 Å². The molecular formula is C15H22N2O3. The monoisotopic (exact) mass is 278 g/mol. The zero-order valence-corrected chi connectivity index (χ0v) is 12.0. The lowest BCUT2D eigenvalue weighted by molar-refractivity contribution is -0.121. The lowest BCUT2D eigenvalue weighted by Gasteiger charge is -2.25. The van der Waals surface area contributed by atoms with E-state index in [0.717, 1.165) is 0 Å². The fourth-order valence-electron chi connectivity index (χ4n) is 1.81. The van der Waals surface area contributed by atoms with Crippen LogP contribution in [0.5, 0.6) is 0 Å². The number of carbonyl (C=O) groups is 2. The summed E-state index contributed by atoms with van der Waals surface area (Å²) < 4.78 is 0. The van der Waals surface area contributed by atoms with E-state index >= 15 is 0 Å². The van der Waals surface area contributed by atoms with Crippen molar-refractivity contribution in [1.82, 2.24) is 10.2 Å². The quantitative estimate of drug-likeness (QED) is 0.782. The number of hydrogen-bond acceptors (Lipinski definition) is 4. The van der Waals surface area contributed by atoms with Crippen molar-refractivity contribution in [2.45, 2.75) is 26.3 Å². The van der Waals surface area contributed by atoms with Crippen LogP contribution in [0.25, 0.3) is 0 Å². The summed E-state index contributed by atoms with van der Waals surface area (Å²) in [5, 5.41) is 11.2. The van der Waals surface area contributed by atoms with E-state index in [0.29, 0.717) is 18.5 Å². The molecule has 0 saturated heterocycles. The number of nitrogens with zero attached hydrogens (tertiary/aromatic N) is 1. The third-order valence-electron chi connectivity index (χ3n) is 2.97. The smallest absolute Gasteiger partial charge is 0.257 e. The van der Waals surface area contributed by atoms with Crippen LogP contribution in [0.1, 0.15) is 30.6 Å². The van der Waals surface area contributed by atoms with Gasteiger partial charge < -0.3 is 5.11 Å². The molecule has 5 heteroatoms. The van der Waals surface area contributed by atoms with Gasteiger partial charge in [-0.05, 0) is 32.4 Å². The van der Waals surface area contributed by atoms with Crippen molar-refractivity contribution >= 4 is 11.8 Å². The number of amides is 2. The van der Waals surface area contributed by atoms with Crippen LogP contribution in [0.4, 0.5) is 0 Å². The highest BCUT2D eigenvalue weighted by molar-refractivity contribution is 6.05. The Morgan fingerprint density at radius 1 is 1.25 bits per heavy atom. The highest BCUT2D eigenvalue weighted by Gasteiger charge is 2.16. The fraction of sp³-hybridized carbons (Fsp3) is 0.467. The molecule has 0 bridgehead atoms. The molecule has 2 N–H and O–H groups in total. The minimum absolute atomic E-state index is 0.0911. The van der Waals surface area contributed by atoms with Crippen molar-refractivity contribution < 1.29 is 14.7 Å². The standard InChI is InChI=1S/C15H22N2O3/c1-12(2)17(9-6-10-18)11-14(19)16-15(20)13-7-4-3-5-8-13/h3-5,7-8,12,18H,6,9-11H2,1-2H3,(H,16,19,20). The SMILES string of the molecule is CC(C)N(CCCO)CC(=O)NC(=O)c1ccccc1. The molecule has 2 amide bonds. The van der Waals surface area contributed by atoms with Crippen LogP contribution in [-0.2, 0) is 4.79 Å². The number of aliphatic hydroxyl groups excluding tert-OH is 1. The van der Waals surface area contributed by atoms with Gasteiger partial charge in [-0.3, -0.25) is 19.8 Å². The van der Waals surface area contributed by atoms with Crippen molar-refractivity contribution in [3.05, 3.63) is 35.9 Å². The Morgan fingerprint density at radius 3 is 2.45 bits per heavy atom. The van der Waals surface area contributed by atoms with Gasteiger partial charge in [0.05, 0.1) is 6.54 Å². The van der Waals surface area contributed by atoms with Crippen molar-refractivity contribution in [3.8, 4) is 0 Å². The summed E-state index contributed by atoms with van der Waals surface area (Å²) in [6.07, 6.45) is 0.609. The summed E-state index contributed by atoms with van der Waals surface area (Å²) in [4.78, 5) is 25.6. The minimum atomic E-state index is -0.388. The molecule has 5 nitrogen and oxygen atoms in total. The molecule has 1 aromatic carbocycles. The van der Waals surface area contributed by atoms with Gasteiger partial charge >= 0.3 is 0 Å². The lowest BCUT2D eigenvalue weighted by Crippen LogP contribution is -2.43. The summed E-state index contributed by atoms with van der Waals surface area (Å²) >= 11 is 0.